The predicted molar refractivity (Wildman–Crippen MR) is 104 cm³/mol. The Hall–Kier alpha value is -1.74. The van der Waals surface area contributed by atoms with E-state index in [0.717, 1.165) is 49.2 Å². The number of benzene rings is 1. The fourth-order valence-corrected chi connectivity index (χ4v) is 3.59. The molecule has 1 amide bonds. The molecule has 0 bridgehead atoms. The second kappa shape index (κ2) is 9.27. The zero-order chi connectivity index (χ0) is 18.4. The van der Waals surface area contributed by atoms with E-state index in [1.54, 1.807) is 31.4 Å². The van der Waals surface area contributed by atoms with Crippen LogP contribution in [0.4, 0.5) is 10.8 Å². The van der Waals surface area contributed by atoms with Gasteiger partial charge in [0.1, 0.15) is 5.82 Å². The maximum absolute atomic E-state index is 12.2. The topological polar surface area (TPSA) is 70.6 Å². The lowest BCUT2D eigenvalue weighted by molar-refractivity contribution is -0.117. The summed E-state index contributed by atoms with van der Waals surface area (Å²) >= 11 is 7.28. The lowest BCUT2D eigenvalue weighted by Gasteiger charge is -2.33. The Balaban J connectivity index is 1.43. The van der Waals surface area contributed by atoms with Gasteiger partial charge in [0.15, 0.2) is 0 Å². The van der Waals surface area contributed by atoms with Gasteiger partial charge < -0.3 is 15.0 Å². The zero-order valence-corrected chi connectivity index (χ0v) is 16.2. The summed E-state index contributed by atoms with van der Waals surface area (Å²) in [5.74, 6) is 0.815. The van der Waals surface area contributed by atoms with Crippen LogP contribution in [0.3, 0.4) is 0 Å². The number of ether oxygens (including phenoxy) is 1. The van der Waals surface area contributed by atoms with Crippen LogP contribution in [0, 0.1) is 0 Å². The highest BCUT2D eigenvalue weighted by molar-refractivity contribution is 7.09. The minimum Gasteiger partial charge on any atom is -0.384 e. The number of hydrogen-bond donors (Lipinski definition) is 1. The van der Waals surface area contributed by atoms with Crippen LogP contribution >= 0.6 is 23.1 Å². The molecule has 0 aliphatic carbocycles. The molecule has 1 aromatic heterocycles. The maximum atomic E-state index is 12.2. The van der Waals surface area contributed by atoms with Crippen molar-refractivity contribution in [3.8, 4) is 0 Å². The monoisotopic (exact) mass is 395 g/mol. The van der Waals surface area contributed by atoms with Crippen molar-refractivity contribution in [3.63, 3.8) is 0 Å². The Morgan fingerprint density at radius 2 is 2.00 bits per heavy atom. The summed E-state index contributed by atoms with van der Waals surface area (Å²) in [6, 6.07) is 7.13. The Kier molecular flexibility index (Phi) is 6.79. The van der Waals surface area contributed by atoms with E-state index in [0.29, 0.717) is 18.2 Å². The van der Waals surface area contributed by atoms with Gasteiger partial charge >= 0.3 is 0 Å². The van der Waals surface area contributed by atoms with Crippen molar-refractivity contribution in [1.82, 2.24) is 14.3 Å². The van der Waals surface area contributed by atoms with Crippen molar-refractivity contribution in [2.45, 2.75) is 6.42 Å². The van der Waals surface area contributed by atoms with Crippen LogP contribution in [-0.2, 0) is 16.0 Å². The summed E-state index contributed by atoms with van der Waals surface area (Å²) in [6.45, 7) is 4.33. The highest BCUT2D eigenvalue weighted by Crippen LogP contribution is 2.19. The van der Waals surface area contributed by atoms with Crippen LogP contribution in [0.2, 0.25) is 5.02 Å². The van der Waals surface area contributed by atoms with Crippen molar-refractivity contribution in [1.29, 1.82) is 0 Å². The molecule has 1 aromatic carbocycles. The van der Waals surface area contributed by atoms with Gasteiger partial charge in [-0.3, -0.25) is 9.69 Å². The Bertz CT molecular complexity index is 716. The van der Waals surface area contributed by atoms with Crippen molar-refractivity contribution in [2.24, 2.45) is 0 Å². The number of anilines is 2. The summed E-state index contributed by atoms with van der Waals surface area (Å²) < 4.78 is 9.43. The van der Waals surface area contributed by atoms with Crippen LogP contribution in [0.5, 0.6) is 0 Å². The second-order valence-corrected chi connectivity index (χ2v) is 7.22. The molecule has 26 heavy (non-hydrogen) atoms. The summed E-state index contributed by atoms with van der Waals surface area (Å²) in [7, 11) is 1.68. The summed E-state index contributed by atoms with van der Waals surface area (Å²) in [4.78, 5) is 21.1. The smallest absolute Gasteiger partial charge is 0.238 e. The third kappa shape index (κ3) is 5.38. The number of carbonyl (C=O) groups is 1. The van der Waals surface area contributed by atoms with E-state index in [2.05, 4.69) is 24.5 Å². The highest BCUT2D eigenvalue weighted by Gasteiger charge is 2.21. The lowest BCUT2D eigenvalue weighted by atomic mass is 10.3. The van der Waals surface area contributed by atoms with Crippen molar-refractivity contribution < 1.29 is 9.53 Å². The molecule has 0 atom stereocenters. The van der Waals surface area contributed by atoms with E-state index in [-0.39, 0.29) is 5.91 Å². The van der Waals surface area contributed by atoms with Gasteiger partial charge in [-0.05, 0) is 24.3 Å². The molecule has 2 heterocycles. The Morgan fingerprint density at radius 3 is 2.69 bits per heavy atom. The zero-order valence-electron chi connectivity index (χ0n) is 14.7. The number of carbonyl (C=O) groups excluding carboxylic acids is 1. The fourth-order valence-electron chi connectivity index (χ4n) is 2.70. The van der Waals surface area contributed by atoms with Gasteiger partial charge in [0.25, 0.3) is 0 Å². The van der Waals surface area contributed by atoms with Gasteiger partial charge in [0, 0.05) is 62.0 Å². The number of rotatable bonds is 7. The Labute approximate surface area is 162 Å². The van der Waals surface area contributed by atoms with E-state index in [1.807, 2.05) is 0 Å². The average molecular weight is 396 g/mol. The minimum absolute atomic E-state index is 0.0152. The first-order chi connectivity index (χ1) is 12.6. The molecule has 2 aromatic rings. The van der Waals surface area contributed by atoms with Gasteiger partial charge in [0.2, 0.25) is 11.0 Å². The molecule has 1 N–H and O–H groups in total. The largest absolute Gasteiger partial charge is 0.384 e. The van der Waals surface area contributed by atoms with Crippen LogP contribution in [0.25, 0.3) is 0 Å². The van der Waals surface area contributed by atoms with Crippen LogP contribution in [0.1, 0.15) is 5.82 Å². The molecule has 7 nitrogen and oxygen atoms in total. The molecule has 0 saturated carbocycles. The highest BCUT2D eigenvalue weighted by atomic mass is 35.5. The van der Waals surface area contributed by atoms with Crippen LogP contribution in [0.15, 0.2) is 24.3 Å². The van der Waals surface area contributed by atoms with E-state index < -0.39 is 0 Å². The predicted octanol–water partition coefficient (Wildman–Crippen LogP) is 2.14. The van der Waals surface area contributed by atoms with Gasteiger partial charge in [-0.25, -0.2) is 4.98 Å². The number of piperazine rings is 1. The van der Waals surface area contributed by atoms with Crippen molar-refractivity contribution >= 4 is 39.9 Å². The lowest BCUT2D eigenvalue weighted by Crippen LogP contribution is -2.48. The average Bonchev–Trinajstić information content (AvgIpc) is 3.11. The van der Waals surface area contributed by atoms with E-state index in [9.17, 15) is 4.79 Å². The van der Waals surface area contributed by atoms with E-state index in [1.165, 1.54) is 11.5 Å². The third-order valence-electron chi connectivity index (χ3n) is 4.13. The number of halogens is 1. The third-order valence-corrected chi connectivity index (χ3v) is 5.19. The number of methoxy groups -OCH3 is 1. The number of nitrogens with one attached hydrogen (secondary N) is 1. The first kappa shape index (κ1) is 19.0. The minimum atomic E-state index is -0.0152. The molecule has 9 heteroatoms. The van der Waals surface area contributed by atoms with Crippen molar-refractivity contribution in [2.75, 3.05) is 56.7 Å². The van der Waals surface area contributed by atoms with Gasteiger partial charge in [-0.1, -0.05) is 11.6 Å². The molecule has 1 aliphatic heterocycles. The molecule has 1 saturated heterocycles. The SMILES string of the molecule is COCCc1nsc(N2CCN(CC(=O)Nc3ccc(Cl)cc3)CC2)n1. The van der Waals surface area contributed by atoms with E-state index >= 15 is 0 Å². The molecule has 1 fully saturated rings. The number of nitrogens with zero attached hydrogens (tertiary/aromatic N) is 4. The molecule has 3 rings (SSSR count). The summed E-state index contributed by atoms with van der Waals surface area (Å²) in [5, 5.41) is 4.50. The molecule has 0 spiro atoms. The summed E-state index contributed by atoms with van der Waals surface area (Å²) in [6.07, 6.45) is 0.734. The molecule has 140 valence electrons. The molecular weight excluding hydrogens is 374 g/mol. The molecule has 0 unspecified atom stereocenters. The first-order valence-electron chi connectivity index (χ1n) is 8.48. The van der Waals surface area contributed by atoms with Gasteiger partial charge in [-0.15, -0.1) is 0 Å². The maximum Gasteiger partial charge on any atom is 0.238 e. The number of hydrogen-bond acceptors (Lipinski definition) is 7. The molecule has 0 radical (unpaired) electrons. The van der Waals surface area contributed by atoms with Crippen LogP contribution in [-0.4, -0.2) is 66.6 Å². The van der Waals surface area contributed by atoms with Gasteiger partial charge in [-0.2, -0.15) is 4.37 Å². The number of amides is 1. The van der Waals surface area contributed by atoms with Crippen molar-refractivity contribution in [3.05, 3.63) is 35.1 Å². The normalized spacial score (nSPS) is 15.2. The summed E-state index contributed by atoms with van der Waals surface area (Å²) in [5.41, 5.74) is 0.760. The first-order valence-corrected chi connectivity index (χ1v) is 9.63. The number of aromatic nitrogens is 2. The van der Waals surface area contributed by atoms with Gasteiger partial charge in [0.05, 0.1) is 13.2 Å². The second-order valence-electron chi connectivity index (χ2n) is 6.05. The fraction of sp³-hybridized carbons (Fsp3) is 0.471. The molecule has 1 aliphatic rings. The Morgan fingerprint density at radius 1 is 1.27 bits per heavy atom. The van der Waals surface area contributed by atoms with E-state index in [4.69, 9.17) is 16.3 Å². The standard InChI is InChI=1S/C17H22ClN5O2S/c1-25-11-6-15-20-17(26-21-15)23-9-7-22(8-10-23)12-16(24)19-14-4-2-13(18)3-5-14/h2-5H,6-12H2,1H3,(H,19,24). The van der Waals surface area contributed by atoms with Crippen LogP contribution < -0.4 is 10.2 Å². The molecular formula is C17H22ClN5O2S. The quantitative estimate of drug-likeness (QED) is 0.774.